The van der Waals surface area contributed by atoms with Gasteiger partial charge in [0.05, 0.1) is 19.3 Å². The van der Waals surface area contributed by atoms with Crippen molar-refractivity contribution in [3.63, 3.8) is 0 Å². The molecule has 1 unspecified atom stereocenters. The molecule has 0 radical (unpaired) electrons. The van der Waals surface area contributed by atoms with Crippen molar-refractivity contribution < 1.29 is 38.5 Å². The molecule has 15 heteroatoms. The molecule has 234 valence electrons. The third kappa shape index (κ3) is 6.56. The quantitative estimate of drug-likeness (QED) is 0.227. The molecule has 44 heavy (non-hydrogen) atoms. The number of nitrogens with zero attached hydrogens (tertiary/aromatic N) is 4. The van der Waals surface area contributed by atoms with Gasteiger partial charge < -0.3 is 14.8 Å². The summed E-state index contributed by atoms with van der Waals surface area (Å²) in [5, 5.41) is 12.5. The molecule has 1 N–H and O–H groups in total. The zero-order valence-corrected chi connectivity index (χ0v) is 24.2. The molecule has 3 aromatic rings. The van der Waals surface area contributed by atoms with Crippen LogP contribution in [0.3, 0.4) is 0 Å². The Morgan fingerprint density at radius 1 is 1.16 bits per heavy atom. The number of pyridine rings is 1. The second-order valence-corrected chi connectivity index (χ2v) is 12.9. The van der Waals surface area contributed by atoms with Gasteiger partial charge in [-0.25, -0.2) is 0 Å². The van der Waals surface area contributed by atoms with Crippen molar-refractivity contribution in [2.75, 3.05) is 30.5 Å². The predicted molar refractivity (Wildman–Crippen MR) is 153 cm³/mol. The third-order valence-corrected chi connectivity index (χ3v) is 8.66. The van der Waals surface area contributed by atoms with E-state index in [2.05, 4.69) is 10.3 Å². The minimum absolute atomic E-state index is 0.0342. The number of aryl methyl sites for hydroxylation is 1. The van der Waals surface area contributed by atoms with Crippen LogP contribution in [0.15, 0.2) is 71.9 Å². The summed E-state index contributed by atoms with van der Waals surface area (Å²) in [6.07, 6.45) is 5.78. The molecule has 2 aromatic carbocycles. The maximum Gasteiger partial charge on any atom is 0.310 e. The second-order valence-electron chi connectivity index (χ2n) is 10.5. The van der Waals surface area contributed by atoms with Crippen molar-refractivity contribution in [3.8, 4) is 11.9 Å². The van der Waals surface area contributed by atoms with E-state index in [4.69, 9.17) is 9.47 Å². The summed E-state index contributed by atoms with van der Waals surface area (Å²) < 4.78 is 78.8. The first-order chi connectivity index (χ1) is 20.7. The first kappa shape index (κ1) is 31.0. The van der Waals surface area contributed by atoms with Gasteiger partial charge in [0, 0.05) is 48.9 Å². The Morgan fingerprint density at radius 2 is 1.91 bits per heavy atom. The fraction of sp³-hybridized carbons (Fsp3) is 0.310. The lowest BCUT2D eigenvalue weighted by Gasteiger charge is -2.41. The average molecular weight is 638 g/mol. The molecule has 3 heterocycles. The standard InChI is InChI=1S/C29H28F5N5O4S/c1-42-23-15-25(38(17-23)18-35)29(41)39(22-8-10-24(11-9-22)44(30,31,32,33)34)27(20-4-2-12-36-16-20)28(40)37-21-7-6-19-5-3-13-43-26(19)14-21/h2,4,6-12,14,16,23,25,27H,3,5,13,15,17H2,1H3,(H,37,40)/t23-,25-,27?/m1/s1. The first-order valence-electron chi connectivity index (χ1n) is 13.5. The number of nitrogens with one attached hydrogen (secondary N) is 1. The second kappa shape index (κ2) is 10.9. The molecule has 0 saturated carbocycles. The van der Waals surface area contributed by atoms with Crippen LogP contribution in [-0.2, 0) is 20.7 Å². The van der Waals surface area contributed by atoms with Crippen LogP contribution < -0.4 is 15.0 Å². The fourth-order valence-electron chi connectivity index (χ4n) is 5.32. The van der Waals surface area contributed by atoms with Crippen LogP contribution in [0.5, 0.6) is 5.75 Å². The molecule has 9 nitrogen and oxygen atoms in total. The molecule has 2 aliphatic heterocycles. The van der Waals surface area contributed by atoms with Gasteiger partial charge in [0.15, 0.2) is 6.19 Å². The number of nitriles is 1. The molecule has 0 aliphatic carbocycles. The number of methoxy groups -OCH3 is 1. The molecule has 1 aromatic heterocycles. The Balaban J connectivity index is 1.60. The highest BCUT2D eigenvalue weighted by molar-refractivity contribution is 8.45. The van der Waals surface area contributed by atoms with E-state index in [9.17, 15) is 34.3 Å². The lowest BCUT2D eigenvalue weighted by atomic mass is 10.0. The number of ether oxygens (including phenoxy) is 2. The van der Waals surface area contributed by atoms with Crippen LogP contribution in [0.25, 0.3) is 0 Å². The molecule has 3 atom stereocenters. The van der Waals surface area contributed by atoms with Gasteiger partial charge in [-0.1, -0.05) is 31.6 Å². The van der Waals surface area contributed by atoms with Crippen LogP contribution in [0.4, 0.5) is 30.8 Å². The van der Waals surface area contributed by atoms with Gasteiger partial charge in [-0.15, -0.1) is 0 Å². The Morgan fingerprint density at radius 3 is 2.55 bits per heavy atom. The Hall–Kier alpha value is -4.42. The molecular weight excluding hydrogens is 609 g/mol. The molecule has 2 aliphatic rings. The number of amides is 2. The predicted octanol–water partition coefficient (Wildman–Crippen LogP) is 6.35. The van der Waals surface area contributed by atoms with E-state index in [1.54, 1.807) is 18.2 Å². The summed E-state index contributed by atoms with van der Waals surface area (Å²) in [7, 11) is -8.65. The van der Waals surface area contributed by atoms with Crippen molar-refractivity contribution in [2.24, 2.45) is 0 Å². The lowest BCUT2D eigenvalue weighted by molar-refractivity contribution is -0.126. The van der Waals surface area contributed by atoms with Gasteiger partial charge >= 0.3 is 10.2 Å². The molecule has 1 saturated heterocycles. The number of fused-ring (bicyclic) bond motifs is 1. The largest absolute Gasteiger partial charge is 0.493 e. The summed E-state index contributed by atoms with van der Waals surface area (Å²) in [5.41, 5.74) is 1.17. The van der Waals surface area contributed by atoms with Crippen LogP contribution in [0.1, 0.15) is 30.0 Å². The van der Waals surface area contributed by atoms with E-state index < -0.39 is 45.1 Å². The van der Waals surface area contributed by atoms with Gasteiger partial charge in [0.25, 0.3) is 11.8 Å². The third-order valence-electron chi connectivity index (χ3n) is 7.50. The highest BCUT2D eigenvalue weighted by Gasteiger charge is 2.65. The highest BCUT2D eigenvalue weighted by Crippen LogP contribution is 3.02. The van der Waals surface area contributed by atoms with E-state index in [0.29, 0.717) is 30.2 Å². The molecule has 1 fully saturated rings. The fourth-order valence-corrected chi connectivity index (χ4v) is 5.98. The van der Waals surface area contributed by atoms with Crippen LogP contribution in [0.2, 0.25) is 0 Å². The van der Waals surface area contributed by atoms with Crippen molar-refractivity contribution >= 4 is 33.4 Å². The molecular formula is C29H28F5N5O4S. The summed E-state index contributed by atoms with van der Waals surface area (Å²) in [5.74, 6) is -1.03. The van der Waals surface area contributed by atoms with E-state index in [0.717, 1.165) is 28.2 Å². The van der Waals surface area contributed by atoms with Gasteiger partial charge in [-0.2, -0.15) is 5.26 Å². The number of aromatic nitrogens is 1. The zero-order chi connectivity index (χ0) is 31.8. The maximum absolute atomic E-state index is 14.2. The van der Waals surface area contributed by atoms with E-state index in [1.807, 2.05) is 6.19 Å². The Labute approximate surface area is 249 Å². The van der Waals surface area contributed by atoms with E-state index in [-0.39, 0.29) is 36.3 Å². The van der Waals surface area contributed by atoms with Crippen LogP contribution >= 0.6 is 10.2 Å². The van der Waals surface area contributed by atoms with Crippen molar-refractivity contribution in [1.29, 1.82) is 5.26 Å². The summed E-state index contributed by atoms with van der Waals surface area (Å²) in [6.45, 7) is 0.554. The molecule has 0 spiro atoms. The number of rotatable bonds is 8. The van der Waals surface area contributed by atoms with Crippen molar-refractivity contribution in [3.05, 3.63) is 78.1 Å². The van der Waals surface area contributed by atoms with Gasteiger partial charge in [0.1, 0.15) is 22.7 Å². The summed E-state index contributed by atoms with van der Waals surface area (Å²) >= 11 is 0. The zero-order valence-electron chi connectivity index (χ0n) is 23.3. The van der Waals surface area contributed by atoms with Gasteiger partial charge in [0.2, 0.25) is 0 Å². The minimum atomic E-state index is -10.0. The summed E-state index contributed by atoms with van der Waals surface area (Å²) in [4.78, 5) is 32.2. The molecule has 2 amide bonds. The Bertz CT molecular complexity index is 1600. The number of likely N-dealkylation sites (tertiary alicyclic amines) is 1. The number of hydrogen-bond acceptors (Lipinski definition) is 7. The monoisotopic (exact) mass is 637 g/mol. The van der Waals surface area contributed by atoms with Gasteiger partial charge in [-0.05, 0) is 54.8 Å². The normalized spacial score (nSPS) is 20.2. The summed E-state index contributed by atoms with van der Waals surface area (Å²) in [6, 6.07) is 7.10. The number of halogens is 5. The Kier molecular flexibility index (Phi) is 7.71. The van der Waals surface area contributed by atoms with E-state index in [1.165, 1.54) is 31.6 Å². The number of carbonyl (C=O) groups excluding carboxylic acids is 2. The maximum atomic E-state index is 14.2. The molecule has 5 rings (SSSR count). The topological polar surface area (TPSA) is 108 Å². The average Bonchev–Trinajstić information content (AvgIpc) is 3.42. The minimum Gasteiger partial charge on any atom is -0.493 e. The van der Waals surface area contributed by atoms with Gasteiger partial charge in [-0.3, -0.25) is 24.4 Å². The molecule has 0 bridgehead atoms. The lowest BCUT2D eigenvalue weighted by Crippen LogP contribution is -2.49. The first-order valence-corrected chi connectivity index (χ1v) is 15.5. The van der Waals surface area contributed by atoms with Crippen LogP contribution in [0, 0.1) is 11.5 Å². The van der Waals surface area contributed by atoms with Crippen molar-refractivity contribution in [1.82, 2.24) is 9.88 Å². The number of benzene rings is 2. The highest BCUT2D eigenvalue weighted by atomic mass is 32.5. The number of carbonyl (C=O) groups is 2. The SMILES string of the molecule is CO[C@@H]1C[C@H](C(=O)N(c2ccc(S(F)(F)(F)(F)F)cc2)C(C(=O)Nc2ccc3c(c2)OCCC3)c2cccnc2)N(C#N)C1. The van der Waals surface area contributed by atoms with Crippen LogP contribution in [-0.4, -0.2) is 54.1 Å². The van der Waals surface area contributed by atoms with E-state index >= 15 is 0 Å². The number of anilines is 2. The van der Waals surface area contributed by atoms with Crippen molar-refractivity contribution in [2.45, 2.75) is 42.3 Å². The smallest absolute Gasteiger partial charge is 0.310 e. The number of hydrogen-bond donors (Lipinski definition) is 1.